The zero-order valence-electron chi connectivity index (χ0n) is 16.5. The van der Waals surface area contributed by atoms with Crippen molar-refractivity contribution in [1.29, 1.82) is 0 Å². The van der Waals surface area contributed by atoms with Gasteiger partial charge in [0.25, 0.3) is 0 Å². The number of rotatable bonds is 6. The summed E-state index contributed by atoms with van der Waals surface area (Å²) in [5.74, 6) is 1.79. The minimum absolute atomic E-state index is 0.338. The van der Waals surface area contributed by atoms with Gasteiger partial charge in [-0.15, -0.1) is 5.10 Å². The molecule has 2 aromatic carbocycles. The molecule has 152 valence electrons. The Morgan fingerprint density at radius 3 is 2.77 bits per heavy atom. The van der Waals surface area contributed by atoms with Crippen LogP contribution < -0.4 is 15.8 Å². The van der Waals surface area contributed by atoms with Gasteiger partial charge >= 0.3 is 0 Å². The smallest absolute Gasteiger partial charge is 0.225 e. The predicted molar refractivity (Wildman–Crippen MR) is 114 cm³/mol. The molecule has 0 unspecified atom stereocenters. The molecule has 0 amide bonds. The van der Waals surface area contributed by atoms with Crippen LogP contribution in [0.25, 0.3) is 28.0 Å². The van der Waals surface area contributed by atoms with Gasteiger partial charge in [0.2, 0.25) is 5.95 Å². The third-order valence-corrected chi connectivity index (χ3v) is 5.23. The lowest BCUT2D eigenvalue weighted by Gasteiger charge is -2.11. The second-order valence-corrected chi connectivity index (χ2v) is 7.40. The number of aromatic nitrogens is 4. The van der Waals surface area contributed by atoms with E-state index in [-0.39, 0.29) is 5.82 Å². The number of nitrogens with one attached hydrogen (secondary N) is 1. The van der Waals surface area contributed by atoms with Gasteiger partial charge in [-0.25, -0.2) is 14.1 Å². The Hall–Kier alpha value is -3.68. The third-order valence-electron chi connectivity index (χ3n) is 5.23. The molecule has 0 bridgehead atoms. The molecule has 7 nitrogen and oxygen atoms in total. The van der Waals surface area contributed by atoms with Crippen LogP contribution in [0.5, 0.6) is 5.75 Å². The first-order valence-corrected chi connectivity index (χ1v) is 9.83. The summed E-state index contributed by atoms with van der Waals surface area (Å²) in [6.45, 7) is 0.816. The van der Waals surface area contributed by atoms with Crippen LogP contribution in [0.4, 0.5) is 16.2 Å². The molecule has 30 heavy (non-hydrogen) atoms. The predicted octanol–water partition coefficient (Wildman–Crippen LogP) is 4.03. The maximum Gasteiger partial charge on any atom is 0.225 e. The van der Waals surface area contributed by atoms with Crippen LogP contribution in [-0.2, 0) is 0 Å². The van der Waals surface area contributed by atoms with E-state index in [2.05, 4.69) is 15.4 Å². The maximum absolute atomic E-state index is 13.8. The highest BCUT2D eigenvalue weighted by Gasteiger charge is 2.24. The number of nitrogen functional groups attached to an aromatic ring is 1. The van der Waals surface area contributed by atoms with Crippen molar-refractivity contribution >= 4 is 22.8 Å². The van der Waals surface area contributed by atoms with Crippen LogP contribution in [0.15, 0.2) is 48.5 Å². The summed E-state index contributed by atoms with van der Waals surface area (Å²) in [7, 11) is 1.61. The van der Waals surface area contributed by atoms with Gasteiger partial charge in [-0.05, 0) is 49.1 Å². The molecular formula is C22H21FN6O. The van der Waals surface area contributed by atoms with Gasteiger partial charge in [0, 0.05) is 12.1 Å². The zero-order valence-corrected chi connectivity index (χ0v) is 16.5. The fourth-order valence-corrected chi connectivity index (χ4v) is 3.49. The van der Waals surface area contributed by atoms with Gasteiger partial charge in [-0.3, -0.25) is 0 Å². The average molecular weight is 404 g/mol. The summed E-state index contributed by atoms with van der Waals surface area (Å²) in [5, 5.41) is 8.47. The highest BCUT2D eigenvalue weighted by molar-refractivity contribution is 6.00. The molecule has 4 aromatic rings. The number of fused-ring (bicyclic) bond motifs is 1. The number of nitrogens with zero attached hydrogens (tertiary/aromatic N) is 4. The largest absolute Gasteiger partial charge is 0.496 e. The molecular weight excluding hydrogens is 383 g/mol. The van der Waals surface area contributed by atoms with E-state index in [4.69, 9.17) is 15.5 Å². The zero-order chi connectivity index (χ0) is 20.7. The van der Waals surface area contributed by atoms with Crippen LogP contribution in [0.1, 0.15) is 12.8 Å². The molecule has 0 saturated heterocycles. The molecule has 0 radical (unpaired) electrons. The van der Waals surface area contributed by atoms with Gasteiger partial charge < -0.3 is 15.8 Å². The van der Waals surface area contributed by atoms with Crippen molar-refractivity contribution in [2.24, 2.45) is 5.92 Å². The van der Waals surface area contributed by atoms with E-state index < -0.39 is 0 Å². The Bertz CT molecular complexity index is 1230. The fourth-order valence-electron chi connectivity index (χ4n) is 3.49. The SMILES string of the molecule is COc1ccccc1-c1nc(NCC2CC2)nc2nn(-c3cccc(F)c3)c(N)c12. The highest BCUT2D eigenvalue weighted by Crippen LogP contribution is 2.37. The highest BCUT2D eigenvalue weighted by atomic mass is 19.1. The Morgan fingerprint density at radius 2 is 2.00 bits per heavy atom. The van der Waals surface area contributed by atoms with Crippen molar-refractivity contribution in [2.45, 2.75) is 12.8 Å². The summed E-state index contributed by atoms with van der Waals surface area (Å²) in [5.41, 5.74) is 8.83. The van der Waals surface area contributed by atoms with Gasteiger partial charge in [0.1, 0.15) is 17.4 Å². The number of methoxy groups -OCH3 is 1. The molecule has 8 heteroatoms. The molecule has 2 heterocycles. The van der Waals surface area contributed by atoms with Crippen molar-refractivity contribution in [3.8, 4) is 22.7 Å². The molecule has 1 saturated carbocycles. The summed E-state index contributed by atoms with van der Waals surface area (Å²) in [4.78, 5) is 9.33. The summed E-state index contributed by atoms with van der Waals surface area (Å²) < 4.78 is 20.8. The van der Waals surface area contributed by atoms with Gasteiger partial charge in [0.15, 0.2) is 5.65 Å². The number of ether oxygens (including phenoxy) is 1. The molecule has 0 spiro atoms. The monoisotopic (exact) mass is 404 g/mol. The topological polar surface area (TPSA) is 90.9 Å². The minimum atomic E-state index is -0.366. The lowest BCUT2D eigenvalue weighted by molar-refractivity contribution is 0.416. The van der Waals surface area contributed by atoms with E-state index in [1.165, 1.54) is 29.7 Å². The van der Waals surface area contributed by atoms with E-state index in [1.54, 1.807) is 19.2 Å². The van der Waals surface area contributed by atoms with Crippen molar-refractivity contribution in [2.75, 3.05) is 24.7 Å². The molecule has 1 aliphatic rings. The van der Waals surface area contributed by atoms with Crippen molar-refractivity contribution in [3.05, 3.63) is 54.3 Å². The number of hydrogen-bond acceptors (Lipinski definition) is 6. The summed E-state index contributed by atoms with van der Waals surface area (Å²) >= 11 is 0. The molecule has 5 rings (SSSR count). The number of nitrogens with two attached hydrogens (primary N) is 1. The standard InChI is InChI=1S/C22H21FN6O/c1-30-17-8-3-2-7-16(17)19-18-20(24)29(15-6-4-5-14(23)11-15)28-21(18)27-22(26-19)25-12-13-9-10-13/h2-8,11,13H,9-10,12,24H2,1H3,(H,25,27,28). The number of halogens is 1. The van der Waals surface area contributed by atoms with Crippen LogP contribution in [0.2, 0.25) is 0 Å². The second kappa shape index (κ2) is 7.29. The van der Waals surface area contributed by atoms with Gasteiger partial charge in [-0.1, -0.05) is 18.2 Å². The first-order chi connectivity index (χ1) is 14.6. The van der Waals surface area contributed by atoms with Crippen molar-refractivity contribution in [3.63, 3.8) is 0 Å². The van der Waals surface area contributed by atoms with Crippen LogP contribution >= 0.6 is 0 Å². The molecule has 2 aromatic heterocycles. The van der Waals surface area contributed by atoms with Crippen molar-refractivity contribution in [1.82, 2.24) is 19.7 Å². The second-order valence-electron chi connectivity index (χ2n) is 7.40. The molecule has 1 fully saturated rings. The Balaban J connectivity index is 1.72. The van der Waals surface area contributed by atoms with Crippen molar-refractivity contribution < 1.29 is 9.13 Å². The molecule has 3 N–H and O–H groups in total. The molecule has 0 atom stereocenters. The maximum atomic E-state index is 13.8. The van der Waals surface area contributed by atoms with Crippen LogP contribution in [-0.4, -0.2) is 33.4 Å². The summed E-state index contributed by atoms with van der Waals surface area (Å²) in [6, 6.07) is 13.7. The first kappa shape index (κ1) is 18.4. The number of para-hydroxylation sites is 1. The fraction of sp³-hybridized carbons (Fsp3) is 0.227. The van der Waals surface area contributed by atoms with E-state index in [9.17, 15) is 4.39 Å². The summed E-state index contributed by atoms with van der Waals surface area (Å²) in [6.07, 6.45) is 2.44. The normalized spacial score (nSPS) is 13.5. The van der Waals surface area contributed by atoms with Crippen LogP contribution in [0.3, 0.4) is 0 Å². The molecule has 1 aliphatic carbocycles. The number of hydrogen-bond donors (Lipinski definition) is 2. The first-order valence-electron chi connectivity index (χ1n) is 9.83. The van der Waals surface area contributed by atoms with E-state index >= 15 is 0 Å². The minimum Gasteiger partial charge on any atom is -0.496 e. The van der Waals surface area contributed by atoms with Gasteiger partial charge in [-0.2, -0.15) is 4.98 Å². The molecule has 0 aliphatic heterocycles. The lowest BCUT2D eigenvalue weighted by atomic mass is 10.1. The number of anilines is 2. The Kier molecular flexibility index (Phi) is 4.46. The van der Waals surface area contributed by atoms with E-state index in [0.29, 0.717) is 45.8 Å². The quantitative estimate of drug-likeness (QED) is 0.504. The van der Waals surface area contributed by atoms with Crippen LogP contribution in [0, 0.1) is 11.7 Å². The third kappa shape index (κ3) is 3.30. The number of benzene rings is 2. The van der Waals surface area contributed by atoms with E-state index in [0.717, 1.165) is 12.1 Å². The lowest BCUT2D eigenvalue weighted by Crippen LogP contribution is -2.08. The van der Waals surface area contributed by atoms with Gasteiger partial charge in [0.05, 0.1) is 23.9 Å². The van der Waals surface area contributed by atoms with E-state index in [1.807, 2.05) is 24.3 Å². The Labute approximate surface area is 172 Å². The average Bonchev–Trinajstić information content (AvgIpc) is 3.54. The Morgan fingerprint density at radius 1 is 1.17 bits per heavy atom.